The third-order valence-electron chi connectivity index (χ3n) is 6.87. The maximum atomic E-state index is 12.0. The normalized spacial score (nSPS) is 22.6. The van der Waals surface area contributed by atoms with Crippen LogP contribution in [0.15, 0.2) is 102 Å². The molecule has 2 aliphatic heterocycles. The predicted octanol–water partition coefficient (Wildman–Crippen LogP) is 4.98. The smallest absolute Gasteiger partial charge is 0.302 e. The molecule has 0 radical (unpaired) electrons. The minimum atomic E-state index is -0.834. The Bertz CT molecular complexity index is 1320. The van der Waals surface area contributed by atoms with Crippen LogP contribution < -0.4 is 10.3 Å². The molecule has 0 aliphatic carbocycles. The van der Waals surface area contributed by atoms with Gasteiger partial charge in [0.15, 0.2) is 12.3 Å². The zero-order valence-corrected chi connectivity index (χ0v) is 21.2. The van der Waals surface area contributed by atoms with Crippen LogP contribution in [0.25, 0.3) is 0 Å². The van der Waals surface area contributed by atoms with Crippen molar-refractivity contribution in [1.29, 1.82) is 0 Å². The molecule has 4 atom stereocenters. The summed E-state index contributed by atoms with van der Waals surface area (Å²) in [5, 5.41) is 0. The molecule has 0 amide bonds. The van der Waals surface area contributed by atoms with Gasteiger partial charge in [-0.1, -0.05) is 107 Å². The van der Waals surface area contributed by atoms with Gasteiger partial charge in [0, 0.05) is 11.8 Å². The summed E-state index contributed by atoms with van der Waals surface area (Å²) in [4.78, 5) is 15.9. The third-order valence-corrected chi connectivity index (χ3v) is 7.98. The number of alkyl halides is 1. The zero-order valence-electron chi connectivity index (χ0n) is 19.7. The number of nitrogens with zero attached hydrogens (tertiary/aromatic N) is 2. The molecule has 1 saturated heterocycles. The van der Waals surface area contributed by atoms with E-state index in [1.54, 1.807) is 17.7 Å². The van der Waals surface area contributed by atoms with Crippen molar-refractivity contribution in [2.75, 3.05) is 6.61 Å². The molecule has 2 aliphatic rings. The Morgan fingerprint density at radius 2 is 1.44 bits per heavy atom. The lowest BCUT2D eigenvalue weighted by Crippen LogP contribution is -2.38. The van der Waals surface area contributed by atoms with Crippen LogP contribution in [0.5, 0.6) is 6.01 Å². The van der Waals surface area contributed by atoms with E-state index in [0.717, 1.165) is 16.7 Å². The van der Waals surface area contributed by atoms with Crippen LogP contribution in [0.3, 0.4) is 0 Å². The number of aromatic nitrogens is 2. The van der Waals surface area contributed by atoms with Crippen molar-refractivity contribution in [3.63, 3.8) is 0 Å². The van der Waals surface area contributed by atoms with E-state index in [1.807, 2.05) is 54.6 Å². The molecule has 182 valence electrons. The zero-order chi connectivity index (χ0) is 24.7. The van der Waals surface area contributed by atoms with Crippen molar-refractivity contribution >= 4 is 15.9 Å². The molecule has 1 aromatic heterocycles. The van der Waals surface area contributed by atoms with Crippen molar-refractivity contribution in [3.05, 3.63) is 130 Å². The van der Waals surface area contributed by atoms with Crippen molar-refractivity contribution in [3.8, 4) is 6.01 Å². The van der Waals surface area contributed by atoms with Gasteiger partial charge in [-0.2, -0.15) is 4.98 Å². The summed E-state index contributed by atoms with van der Waals surface area (Å²) in [6.07, 6.45) is 0.764. The lowest BCUT2D eigenvalue weighted by molar-refractivity contribution is -0.0757. The molecule has 3 heterocycles. The second kappa shape index (κ2) is 9.32. The fraction of sp³-hybridized carbons (Fsp3) is 0.241. The summed E-state index contributed by atoms with van der Waals surface area (Å²) >= 11 is 3.80. The molecule has 0 spiro atoms. The first-order chi connectivity index (χ1) is 17.6. The van der Waals surface area contributed by atoms with Gasteiger partial charge in [0.1, 0.15) is 5.60 Å². The summed E-state index contributed by atoms with van der Waals surface area (Å²) in [7, 11) is 0. The van der Waals surface area contributed by atoms with Crippen LogP contribution in [0, 0.1) is 6.92 Å². The highest BCUT2D eigenvalue weighted by Crippen LogP contribution is 2.45. The van der Waals surface area contributed by atoms with Gasteiger partial charge in [0.05, 0.1) is 17.5 Å². The van der Waals surface area contributed by atoms with Gasteiger partial charge in [0.2, 0.25) is 0 Å². The molecule has 0 N–H and O–H groups in total. The summed E-state index contributed by atoms with van der Waals surface area (Å²) in [5.74, 6) is 0. The Balaban J connectivity index is 1.36. The van der Waals surface area contributed by atoms with Gasteiger partial charge in [-0.3, -0.25) is 9.36 Å². The average molecular weight is 545 g/mol. The molecule has 6 nitrogen and oxygen atoms in total. The number of rotatable bonds is 6. The molecule has 7 heteroatoms. The number of hydrogen-bond acceptors (Lipinski definition) is 5. The van der Waals surface area contributed by atoms with Crippen molar-refractivity contribution in [2.45, 2.75) is 35.8 Å². The van der Waals surface area contributed by atoms with Crippen LogP contribution >= 0.6 is 15.9 Å². The van der Waals surface area contributed by atoms with Crippen LogP contribution in [0.1, 0.15) is 28.5 Å². The fourth-order valence-corrected chi connectivity index (χ4v) is 5.74. The number of aryl methyl sites for hydroxylation is 1. The third kappa shape index (κ3) is 3.79. The second-order valence-electron chi connectivity index (χ2n) is 9.10. The van der Waals surface area contributed by atoms with Gasteiger partial charge in [-0.05, 0) is 23.6 Å². The van der Waals surface area contributed by atoms with Gasteiger partial charge in [0.25, 0.3) is 5.56 Å². The summed E-state index contributed by atoms with van der Waals surface area (Å²) in [6, 6.07) is 31.1. The van der Waals surface area contributed by atoms with Crippen LogP contribution in [0.2, 0.25) is 0 Å². The molecule has 1 fully saturated rings. The Kier molecular flexibility index (Phi) is 5.99. The number of fused-ring (bicyclic) bond motifs is 3. The molecule has 0 unspecified atom stereocenters. The SMILES string of the molecule is Cc1cn2c(nc1=O)O[C@H]1[C@H](Br)[C@@H](COC(c3ccccc3)(c3ccccc3)c3ccccc3)O[C@H]12. The first kappa shape index (κ1) is 23.2. The topological polar surface area (TPSA) is 62.6 Å². The highest BCUT2D eigenvalue weighted by atomic mass is 79.9. The second-order valence-corrected chi connectivity index (χ2v) is 10.2. The van der Waals surface area contributed by atoms with E-state index in [9.17, 15) is 4.79 Å². The maximum Gasteiger partial charge on any atom is 0.302 e. The summed E-state index contributed by atoms with van der Waals surface area (Å²) in [6.45, 7) is 2.05. The largest absolute Gasteiger partial charge is 0.455 e. The summed E-state index contributed by atoms with van der Waals surface area (Å²) < 4.78 is 21.2. The molecule has 0 saturated carbocycles. The Morgan fingerprint density at radius 1 is 0.917 bits per heavy atom. The Labute approximate surface area is 217 Å². The van der Waals surface area contributed by atoms with E-state index in [1.165, 1.54) is 0 Å². The van der Waals surface area contributed by atoms with E-state index in [-0.39, 0.29) is 34.8 Å². The molecular weight excluding hydrogens is 520 g/mol. The first-order valence-corrected chi connectivity index (χ1v) is 12.9. The van der Waals surface area contributed by atoms with Crippen LogP contribution in [0.4, 0.5) is 0 Å². The Morgan fingerprint density at radius 3 is 1.97 bits per heavy atom. The standard InChI is InChI=1S/C29H25BrN2O4/c1-19-17-32-27-25(36-28(32)31-26(19)33)24(30)23(35-27)18-34-29(20-11-5-2-6-12-20,21-13-7-3-8-14-21)22-15-9-4-10-16-22/h2-17,23-25,27H,18H2,1H3/t23-,24-,25+,27-/m1/s1. The van der Waals surface area contributed by atoms with Gasteiger partial charge >= 0.3 is 6.01 Å². The molecule has 4 aromatic rings. The monoisotopic (exact) mass is 544 g/mol. The molecular formula is C29H25BrN2O4. The van der Waals surface area contributed by atoms with Gasteiger partial charge in [-0.15, -0.1) is 0 Å². The van der Waals surface area contributed by atoms with Crippen molar-refractivity contribution in [1.82, 2.24) is 9.55 Å². The lowest BCUT2D eigenvalue weighted by Gasteiger charge is -2.37. The highest BCUT2D eigenvalue weighted by molar-refractivity contribution is 9.09. The number of halogens is 1. The molecule has 36 heavy (non-hydrogen) atoms. The lowest BCUT2D eigenvalue weighted by atomic mass is 9.80. The number of ether oxygens (including phenoxy) is 3. The Hall–Kier alpha value is -3.26. The maximum absolute atomic E-state index is 12.0. The van der Waals surface area contributed by atoms with E-state index in [0.29, 0.717) is 12.2 Å². The minimum Gasteiger partial charge on any atom is -0.455 e. The quantitative estimate of drug-likeness (QED) is 0.253. The number of benzene rings is 3. The molecule has 0 bridgehead atoms. The highest BCUT2D eigenvalue weighted by Gasteiger charge is 2.52. The predicted molar refractivity (Wildman–Crippen MR) is 139 cm³/mol. The van der Waals surface area contributed by atoms with Gasteiger partial charge < -0.3 is 14.2 Å². The van der Waals surface area contributed by atoms with Crippen LogP contribution in [-0.2, 0) is 15.1 Å². The molecule has 3 aromatic carbocycles. The number of hydrogen-bond donors (Lipinski definition) is 0. The minimum absolute atomic E-state index is 0.153. The van der Waals surface area contributed by atoms with E-state index >= 15 is 0 Å². The fourth-order valence-electron chi connectivity index (χ4n) is 5.10. The van der Waals surface area contributed by atoms with Gasteiger partial charge in [-0.25, -0.2) is 0 Å². The van der Waals surface area contributed by atoms with E-state index in [4.69, 9.17) is 14.2 Å². The molecule has 6 rings (SSSR count). The summed E-state index contributed by atoms with van der Waals surface area (Å²) in [5.41, 5.74) is 2.53. The van der Waals surface area contributed by atoms with Crippen molar-refractivity contribution in [2.24, 2.45) is 0 Å². The van der Waals surface area contributed by atoms with Crippen molar-refractivity contribution < 1.29 is 14.2 Å². The average Bonchev–Trinajstić information content (AvgIpc) is 3.42. The first-order valence-electron chi connectivity index (χ1n) is 11.9. The van der Waals surface area contributed by atoms with E-state index < -0.39 is 5.60 Å². The van der Waals surface area contributed by atoms with E-state index in [2.05, 4.69) is 57.3 Å². The van der Waals surface area contributed by atoms with Crippen LogP contribution in [-0.4, -0.2) is 33.2 Å².